The first-order chi connectivity index (χ1) is 31.0. The molecule has 4 aliphatic heterocycles. The zero-order valence-electron chi connectivity index (χ0n) is 35.8. The van der Waals surface area contributed by atoms with E-state index in [9.17, 15) is 76.3 Å². The van der Waals surface area contributed by atoms with Gasteiger partial charge in [0.25, 0.3) is 0 Å². The molecule has 3 saturated carbocycles. The highest BCUT2D eigenvalue weighted by molar-refractivity contribution is 5.81. The molecule has 15 N–H and O–H groups in total. The molecule has 0 aromatic rings. The van der Waals surface area contributed by atoms with Crippen molar-refractivity contribution in [3.63, 3.8) is 0 Å². The van der Waals surface area contributed by atoms with E-state index in [1.165, 1.54) is 6.08 Å². The number of aliphatic hydroxyl groups is 16. The van der Waals surface area contributed by atoms with E-state index >= 15 is 0 Å². The molecule has 0 spiro atoms. The molecule has 4 heterocycles. The average molecular weight is 942 g/mol. The van der Waals surface area contributed by atoms with Crippen LogP contribution in [0.3, 0.4) is 0 Å². The lowest BCUT2D eigenvalue weighted by Crippen LogP contribution is -2.66. The van der Waals surface area contributed by atoms with Gasteiger partial charge in [0, 0.05) is 24.8 Å². The number of esters is 1. The van der Waals surface area contributed by atoms with Crippen LogP contribution >= 0.6 is 0 Å². The molecule has 7 fully saturated rings. The third kappa shape index (κ3) is 11.7. The maximum Gasteiger partial charge on any atom is 0.330 e. The van der Waals surface area contributed by atoms with Gasteiger partial charge in [-0.25, -0.2) is 4.79 Å². The van der Waals surface area contributed by atoms with Gasteiger partial charge in [0.1, 0.15) is 86.0 Å². The van der Waals surface area contributed by atoms with Gasteiger partial charge in [-0.2, -0.15) is 0 Å². The van der Waals surface area contributed by atoms with Gasteiger partial charge < -0.3 is 109 Å². The first kappa shape index (κ1) is 51.2. The van der Waals surface area contributed by atoms with E-state index in [-0.39, 0.29) is 43.6 Å². The summed E-state index contributed by atoms with van der Waals surface area (Å²) in [7, 11) is 0. The fourth-order valence-electron chi connectivity index (χ4n) is 10.5. The van der Waals surface area contributed by atoms with Crippen LogP contribution in [0.5, 0.6) is 0 Å². The van der Waals surface area contributed by atoms with Crippen molar-refractivity contribution < 1.29 is 114 Å². The van der Waals surface area contributed by atoms with Crippen molar-refractivity contribution in [3.05, 3.63) is 12.2 Å². The van der Waals surface area contributed by atoms with Crippen molar-refractivity contribution in [2.24, 2.45) is 17.8 Å². The summed E-state index contributed by atoms with van der Waals surface area (Å²) in [5.41, 5.74) is 0. The van der Waals surface area contributed by atoms with Gasteiger partial charge in [-0.15, -0.1) is 0 Å². The van der Waals surface area contributed by atoms with E-state index < -0.39 is 167 Å². The molecule has 7 rings (SSSR count). The van der Waals surface area contributed by atoms with E-state index in [1.807, 2.05) is 0 Å². The predicted molar refractivity (Wildman–Crippen MR) is 213 cm³/mol. The van der Waals surface area contributed by atoms with Crippen molar-refractivity contribution in [3.8, 4) is 0 Å². The maximum absolute atomic E-state index is 12.9. The molecular weight excluding hydrogens is 872 g/mol. The van der Waals surface area contributed by atoms with Crippen molar-refractivity contribution in [2.45, 2.75) is 205 Å². The zero-order valence-corrected chi connectivity index (χ0v) is 35.8. The van der Waals surface area contributed by atoms with E-state index in [0.717, 1.165) is 6.08 Å². The first-order valence-electron chi connectivity index (χ1n) is 22.8. The quantitative estimate of drug-likeness (QED) is 0.0464. The van der Waals surface area contributed by atoms with Gasteiger partial charge in [-0.1, -0.05) is 6.08 Å². The second kappa shape index (κ2) is 22.4. The van der Waals surface area contributed by atoms with E-state index in [1.54, 1.807) is 0 Å². The second-order valence-electron chi connectivity index (χ2n) is 18.9. The number of carbonyl (C=O) groups excluding carboxylic acids is 1. The van der Waals surface area contributed by atoms with Crippen LogP contribution < -0.4 is 0 Å². The highest BCUT2D eigenvalue weighted by Gasteiger charge is 2.56. The Morgan fingerprint density at radius 1 is 0.554 bits per heavy atom. The molecule has 4 saturated heterocycles. The standard InChI is InChI=1S/C42H68O23/c43-13-26-30(50)33(53)36(56)40(62-26)60-24-9-16(1-7-21(24)47)2-8-29(49)58-15-28-32(52)34(54)37(57)41(64-28)65-39-35(55)31(51)27(14-44)63-42(39)61-25-12-20-22(48)10-19(46)11-23(20)59-38(25)17-3-5-18(45)6-4-17/h2,8,16-28,30-48,50-57H,1,3-7,9-15H2/p+1. The molecule has 3 aliphatic carbocycles. The second-order valence-corrected chi connectivity index (χ2v) is 18.9. The number of ether oxygens (including phenoxy) is 8. The molecule has 24 unspecified atom stereocenters. The van der Waals surface area contributed by atoms with Gasteiger partial charge in [0.2, 0.25) is 0 Å². The van der Waals surface area contributed by atoms with Crippen LogP contribution in [0.4, 0.5) is 0 Å². The Morgan fingerprint density at radius 2 is 1.14 bits per heavy atom. The average Bonchev–Trinajstić information content (AvgIpc) is 3.28. The third-order valence-electron chi connectivity index (χ3n) is 14.4. The third-order valence-corrected chi connectivity index (χ3v) is 14.4. The fraction of sp³-hybridized carbons (Fsp3) is 0.929. The van der Waals surface area contributed by atoms with Gasteiger partial charge in [0.15, 0.2) is 31.1 Å². The monoisotopic (exact) mass is 941 g/mol. The van der Waals surface area contributed by atoms with Crippen LogP contribution in [0.25, 0.3) is 0 Å². The lowest BCUT2D eigenvalue weighted by Gasteiger charge is -2.49. The molecule has 24 atom stereocenters. The van der Waals surface area contributed by atoms with Crippen LogP contribution in [-0.4, -0.2) is 243 Å². The van der Waals surface area contributed by atoms with Gasteiger partial charge in [-0.3, -0.25) is 0 Å². The molecule has 0 amide bonds. The summed E-state index contributed by atoms with van der Waals surface area (Å²) in [5, 5.41) is 147. The van der Waals surface area contributed by atoms with Crippen molar-refractivity contribution in [2.75, 3.05) is 19.8 Å². The zero-order chi connectivity index (χ0) is 46.9. The van der Waals surface area contributed by atoms with Crippen LogP contribution in [0, 0.1) is 17.8 Å². The summed E-state index contributed by atoms with van der Waals surface area (Å²) in [6.45, 7) is -2.07. The topological polar surface area (TPSA) is 378 Å². The SMILES string of the molecule is O=C(C=CC1CCC(O)C(OC2OC(CO)C(O)C(O)C2O)C1)OCC1OC(OC2C(OC3CC4C(O)CC(O)CC4[OH+]C3C3CCC(O)CC3)OC(CO)C(O)C2O)C(O)C(O)C1O. The lowest BCUT2D eigenvalue weighted by molar-refractivity contribution is -0.386. The number of hydrogen-bond acceptors (Lipinski definition) is 22. The van der Waals surface area contributed by atoms with Crippen LogP contribution in [0.15, 0.2) is 12.2 Å². The summed E-state index contributed by atoms with van der Waals surface area (Å²) in [6.07, 6.45) is -24.1. The fourth-order valence-corrected chi connectivity index (χ4v) is 10.5. The summed E-state index contributed by atoms with van der Waals surface area (Å²) in [4.78, 5) is 12.9. The minimum Gasteiger partial charge on any atom is -0.460 e. The summed E-state index contributed by atoms with van der Waals surface area (Å²) >= 11 is 0. The van der Waals surface area contributed by atoms with Crippen LogP contribution in [0.2, 0.25) is 0 Å². The smallest absolute Gasteiger partial charge is 0.330 e. The lowest BCUT2D eigenvalue weighted by atomic mass is 9.73. The minimum absolute atomic E-state index is 0.0577. The number of aliphatic hydroxyl groups excluding tert-OH is 14. The van der Waals surface area contributed by atoms with Crippen molar-refractivity contribution in [1.82, 2.24) is 0 Å². The Bertz CT molecular complexity index is 1530. The molecule has 0 aromatic heterocycles. The first-order valence-corrected chi connectivity index (χ1v) is 22.8. The Hall–Kier alpha value is -1.63. The summed E-state index contributed by atoms with van der Waals surface area (Å²) < 4.78 is 45.9. The molecule has 0 bridgehead atoms. The maximum atomic E-state index is 12.9. The van der Waals surface area contributed by atoms with Gasteiger partial charge >= 0.3 is 5.97 Å². The minimum atomic E-state index is -1.95. The van der Waals surface area contributed by atoms with Crippen LogP contribution in [0.1, 0.15) is 64.2 Å². The number of allylic oxidation sites excluding steroid dienone is 1. The molecule has 0 radical (unpaired) electrons. The predicted octanol–water partition coefficient (Wildman–Crippen LogP) is -6.20. The Labute approximate surface area is 374 Å². The van der Waals surface area contributed by atoms with Gasteiger partial charge in [-0.05, 0) is 57.3 Å². The van der Waals surface area contributed by atoms with E-state index in [4.69, 9.17) is 37.9 Å². The summed E-state index contributed by atoms with van der Waals surface area (Å²) in [6, 6.07) is 0. The Kier molecular flexibility index (Phi) is 17.7. The Balaban J connectivity index is 0.986. The van der Waals surface area contributed by atoms with Crippen LogP contribution in [-0.2, 0) is 38.0 Å². The largest absolute Gasteiger partial charge is 0.460 e. The number of fused-ring (bicyclic) bond motifs is 1. The highest BCUT2D eigenvalue weighted by atomic mass is 16.8. The molecule has 65 heavy (non-hydrogen) atoms. The van der Waals surface area contributed by atoms with Gasteiger partial charge in [0.05, 0.1) is 49.7 Å². The normalized spacial score (nSPS) is 51.0. The highest BCUT2D eigenvalue weighted by Crippen LogP contribution is 2.43. The molecule has 23 nitrogen and oxygen atoms in total. The van der Waals surface area contributed by atoms with E-state index in [2.05, 4.69) is 0 Å². The molecule has 23 heteroatoms. The molecule has 0 aromatic carbocycles. The summed E-state index contributed by atoms with van der Waals surface area (Å²) in [5.74, 6) is -1.72. The molecule has 7 aliphatic rings. The number of carbonyl (C=O) groups is 1. The van der Waals surface area contributed by atoms with E-state index in [0.29, 0.717) is 38.5 Å². The number of hydrogen-bond donors (Lipinski definition) is 14. The van der Waals surface area contributed by atoms with Crippen molar-refractivity contribution >= 4 is 5.97 Å². The van der Waals surface area contributed by atoms with Crippen molar-refractivity contribution in [1.29, 1.82) is 0 Å². The number of rotatable bonds is 13. The molecular formula is C42H69O23+. The Morgan fingerprint density at radius 3 is 1.80 bits per heavy atom. The molecule has 374 valence electrons.